The highest BCUT2D eigenvalue weighted by Crippen LogP contribution is 2.11. The quantitative estimate of drug-likeness (QED) is 0.391. The van der Waals surface area contributed by atoms with Crippen molar-refractivity contribution in [3.8, 4) is 0 Å². The fourth-order valence-corrected chi connectivity index (χ4v) is 1.06. The maximum absolute atomic E-state index is 8.36. The number of anilines is 1. The first kappa shape index (κ1) is 12.0. The largest absolute Gasteiger partial charge is 0.378 e. The van der Waals surface area contributed by atoms with Crippen LogP contribution in [0.1, 0.15) is 5.56 Å². The maximum atomic E-state index is 8.36. The van der Waals surface area contributed by atoms with Crippen LogP contribution >= 0.6 is 0 Å². The summed E-state index contributed by atoms with van der Waals surface area (Å²) in [5.41, 5.74) is 8.84. The van der Waals surface area contributed by atoms with Gasteiger partial charge in [0.2, 0.25) is 5.96 Å². The minimum atomic E-state index is -0.153. The van der Waals surface area contributed by atoms with Gasteiger partial charge in [-0.05, 0) is 17.7 Å². The van der Waals surface area contributed by atoms with E-state index >= 15 is 0 Å². The fourth-order valence-electron chi connectivity index (χ4n) is 1.06. The average molecular weight is 221 g/mol. The lowest BCUT2D eigenvalue weighted by Crippen LogP contribution is -2.27. The van der Waals surface area contributed by atoms with Gasteiger partial charge in [-0.15, -0.1) is 5.10 Å². The number of guanidine groups is 1. The number of hydrogen-bond donors (Lipinski definition) is 3. The van der Waals surface area contributed by atoms with Gasteiger partial charge in [-0.2, -0.15) is 5.10 Å². The second kappa shape index (κ2) is 5.72. The van der Waals surface area contributed by atoms with E-state index in [2.05, 4.69) is 10.2 Å². The van der Waals surface area contributed by atoms with Gasteiger partial charge in [-0.3, -0.25) is 5.21 Å². The molecular formula is C10H15N5O. The molecule has 0 bridgehead atoms. The number of benzene rings is 1. The molecule has 6 heteroatoms. The van der Waals surface area contributed by atoms with Gasteiger partial charge >= 0.3 is 0 Å². The summed E-state index contributed by atoms with van der Waals surface area (Å²) in [6.07, 6.45) is 1.55. The molecule has 86 valence electrons. The maximum Gasteiger partial charge on any atom is 0.237 e. The second-order valence-electron chi connectivity index (χ2n) is 3.33. The predicted octanol–water partition coefficient (Wildman–Crippen LogP) is 0.380. The molecule has 0 saturated heterocycles. The summed E-state index contributed by atoms with van der Waals surface area (Å²) < 4.78 is 0. The van der Waals surface area contributed by atoms with Crippen molar-refractivity contribution in [2.24, 2.45) is 15.9 Å². The summed E-state index contributed by atoms with van der Waals surface area (Å²) >= 11 is 0. The smallest absolute Gasteiger partial charge is 0.237 e. The molecule has 16 heavy (non-hydrogen) atoms. The molecule has 0 radical (unpaired) electrons. The number of nitrogens with one attached hydrogen (secondary N) is 1. The van der Waals surface area contributed by atoms with Crippen LogP contribution in [-0.4, -0.2) is 31.5 Å². The summed E-state index contributed by atoms with van der Waals surface area (Å²) in [7, 11) is 3.92. The van der Waals surface area contributed by atoms with Crippen LogP contribution in [0.3, 0.4) is 0 Å². The second-order valence-corrected chi connectivity index (χ2v) is 3.33. The third-order valence-corrected chi connectivity index (χ3v) is 1.87. The standard InChI is InChI=1S/C10H15N5O/c1-15(2)9-5-3-4-8(6-9)7-12-13-10(11)14-16/h3-7,16H,1-2H3,(H3,11,13,14). The molecular weight excluding hydrogens is 206 g/mol. The minimum absolute atomic E-state index is 0.153. The summed E-state index contributed by atoms with van der Waals surface area (Å²) in [6.45, 7) is 0. The van der Waals surface area contributed by atoms with Crippen LogP contribution in [0.25, 0.3) is 0 Å². The average Bonchev–Trinajstić information content (AvgIpc) is 2.29. The van der Waals surface area contributed by atoms with Crippen LogP contribution in [0, 0.1) is 0 Å². The zero-order valence-electron chi connectivity index (χ0n) is 9.25. The van der Waals surface area contributed by atoms with Crippen LogP contribution in [-0.2, 0) is 0 Å². The normalized spacial score (nSPS) is 11.8. The lowest BCUT2D eigenvalue weighted by molar-refractivity contribution is 0.232. The highest BCUT2D eigenvalue weighted by Gasteiger charge is 1.94. The third kappa shape index (κ3) is 3.58. The molecule has 0 aliphatic carbocycles. The van der Waals surface area contributed by atoms with E-state index in [1.54, 1.807) is 11.7 Å². The van der Waals surface area contributed by atoms with Gasteiger partial charge in [0.05, 0.1) is 6.21 Å². The zero-order chi connectivity index (χ0) is 12.0. The van der Waals surface area contributed by atoms with Crippen LogP contribution in [0.4, 0.5) is 5.69 Å². The van der Waals surface area contributed by atoms with Crippen molar-refractivity contribution in [1.82, 2.24) is 5.48 Å². The third-order valence-electron chi connectivity index (χ3n) is 1.87. The number of nitrogens with two attached hydrogens (primary N) is 1. The number of rotatable bonds is 3. The number of hydroxylamine groups is 1. The summed E-state index contributed by atoms with van der Waals surface area (Å²) in [5.74, 6) is -0.153. The molecule has 1 rings (SSSR count). The van der Waals surface area contributed by atoms with Gasteiger partial charge in [0, 0.05) is 19.8 Å². The van der Waals surface area contributed by atoms with Crippen LogP contribution in [0.5, 0.6) is 0 Å². The van der Waals surface area contributed by atoms with E-state index in [-0.39, 0.29) is 5.96 Å². The monoisotopic (exact) mass is 221 g/mol. The summed E-state index contributed by atoms with van der Waals surface area (Å²) in [6, 6.07) is 7.77. The molecule has 0 aromatic heterocycles. The van der Waals surface area contributed by atoms with E-state index in [0.717, 1.165) is 11.3 Å². The van der Waals surface area contributed by atoms with Crippen LogP contribution < -0.4 is 16.1 Å². The van der Waals surface area contributed by atoms with Gasteiger partial charge in [-0.25, -0.2) is 5.48 Å². The van der Waals surface area contributed by atoms with Crippen molar-refractivity contribution in [1.29, 1.82) is 0 Å². The van der Waals surface area contributed by atoms with E-state index in [0.29, 0.717) is 0 Å². The fraction of sp³-hybridized carbons (Fsp3) is 0.200. The first-order valence-corrected chi connectivity index (χ1v) is 4.67. The Kier molecular flexibility index (Phi) is 4.28. The van der Waals surface area contributed by atoms with Crippen molar-refractivity contribution in [2.45, 2.75) is 0 Å². The Morgan fingerprint density at radius 1 is 1.50 bits per heavy atom. The van der Waals surface area contributed by atoms with Gasteiger partial charge in [0.15, 0.2) is 0 Å². The van der Waals surface area contributed by atoms with Crippen molar-refractivity contribution in [3.05, 3.63) is 29.8 Å². The Morgan fingerprint density at radius 2 is 2.25 bits per heavy atom. The molecule has 0 aliphatic rings. The van der Waals surface area contributed by atoms with Crippen LogP contribution in [0.15, 0.2) is 34.5 Å². The molecule has 1 aromatic carbocycles. The molecule has 1 aromatic rings. The molecule has 0 unspecified atom stereocenters. The molecule has 4 N–H and O–H groups in total. The molecule has 0 amide bonds. The highest BCUT2D eigenvalue weighted by molar-refractivity contribution is 5.83. The zero-order valence-corrected chi connectivity index (χ0v) is 9.25. The first-order chi connectivity index (χ1) is 7.63. The number of hydrogen-bond acceptors (Lipinski definition) is 4. The van der Waals surface area contributed by atoms with Crippen molar-refractivity contribution >= 4 is 17.9 Å². The highest BCUT2D eigenvalue weighted by atomic mass is 16.5. The van der Waals surface area contributed by atoms with Crippen LogP contribution in [0.2, 0.25) is 0 Å². The Hall–Kier alpha value is -2.08. The van der Waals surface area contributed by atoms with E-state index in [1.165, 1.54) is 0 Å². The van der Waals surface area contributed by atoms with Gasteiger partial charge in [0.1, 0.15) is 0 Å². The molecule has 0 atom stereocenters. The molecule has 0 saturated carbocycles. The van der Waals surface area contributed by atoms with E-state index < -0.39 is 0 Å². The summed E-state index contributed by atoms with van der Waals surface area (Å²) in [4.78, 5) is 1.99. The summed E-state index contributed by atoms with van der Waals surface area (Å²) in [5, 5.41) is 15.6. The lowest BCUT2D eigenvalue weighted by atomic mass is 10.2. The Labute approximate surface area is 94.0 Å². The molecule has 6 nitrogen and oxygen atoms in total. The predicted molar refractivity (Wildman–Crippen MR) is 64.9 cm³/mol. The van der Waals surface area contributed by atoms with E-state index in [4.69, 9.17) is 10.9 Å². The van der Waals surface area contributed by atoms with Crippen molar-refractivity contribution in [3.63, 3.8) is 0 Å². The topological polar surface area (TPSA) is 86.2 Å². The molecule has 0 heterocycles. The van der Waals surface area contributed by atoms with Crippen molar-refractivity contribution in [2.75, 3.05) is 19.0 Å². The SMILES string of the molecule is CN(C)c1cccc(C=N/N=C(/N)NO)c1. The Bertz CT molecular complexity index is 400. The first-order valence-electron chi connectivity index (χ1n) is 4.67. The molecule has 0 fully saturated rings. The number of nitrogens with zero attached hydrogens (tertiary/aromatic N) is 3. The Morgan fingerprint density at radius 3 is 2.88 bits per heavy atom. The van der Waals surface area contributed by atoms with E-state index in [1.807, 2.05) is 43.3 Å². The van der Waals surface area contributed by atoms with E-state index in [9.17, 15) is 0 Å². The van der Waals surface area contributed by atoms with Gasteiger partial charge in [-0.1, -0.05) is 12.1 Å². The lowest BCUT2D eigenvalue weighted by Gasteiger charge is -2.12. The Balaban J connectivity index is 2.78. The molecule has 0 aliphatic heterocycles. The van der Waals surface area contributed by atoms with Crippen molar-refractivity contribution < 1.29 is 5.21 Å². The van der Waals surface area contributed by atoms with Gasteiger partial charge < -0.3 is 10.6 Å². The minimum Gasteiger partial charge on any atom is -0.378 e. The van der Waals surface area contributed by atoms with Gasteiger partial charge in [0.25, 0.3) is 0 Å². The molecule has 0 spiro atoms.